The molecule has 9 rings (SSSR count). The van der Waals surface area contributed by atoms with Crippen molar-refractivity contribution in [2.75, 3.05) is 0 Å². The Morgan fingerprint density at radius 2 is 1.05 bits per heavy atom. The number of carbonyl (C=O) groups excluding carboxylic acids is 5. The summed E-state index contributed by atoms with van der Waals surface area (Å²) in [4.78, 5) is 63.3. The molecule has 502 valence electrons. The van der Waals surface area contributed by atoms with Crippen LogP contribution in [0.4, 0.5) is 8.78 Å². The van der Waals surface area contributed by atoms with Gasteiger partial charge in [0.25, 0.3) is 0 Å². The van der Waals surface area contributed by atoms with Crippen LogP contribution in [-0.2, 0) is 63.9 Å². The number of phenols is 1. The standard InChI is InChI=1S/C20H32O2.C18H15S.C14H20O3.C12H18O4.C9H16F2O5S/c1-5-19(3,4)18(21)22-20(6-2)11-14-10-15(20)17-13-8-7-12(9-13)16(14)17;1-4-10-16(11-5-1)19(17-12-6-2-7-13-17)18-14-8-3-9-15-18;1-6-14(4,5)13(16)17-11-7-9(2)12(15)10(3)8-11;1-6-12(4,5)11(14)16-9-7(2)8(3)15-10(9)13;1-5-8(3,4)7(12)16-6(2)9(10,11)17(13,14)15/h12-17H,5-11H2,1-4H3;1-15H;7-8,15H,6H2,1-5H3;8H,6H2,1-5H3;6H,5H2,1-4H3,(H,13,14,15)/q;+1;;;/p-1. The molecule has 9 atom stereocenters. The van der Waals surface area contributed by atoms with Gasteiger partial charge in [-0.3, -0.25) is 19.2 Å². The molecule has 0 aromatic heterocycles. The molecule has 91 heavy (non-hydrogen) atoms. The highest BCUT2D eigenvalue weighted by molar-refractivity contribution is 7.97. The number of rotatable bonds is 18. The fourth-order valence-corrected chi connectivity index (χ4v) is 14.6. The van der Waals surface area contributed by atoms with E-state index in [2.05, 4.69) is 110 Å². The van der Waals surface area contributed by atoms with E-state index in [4.69, 9.17) is 18.9 Å². The number of aryl methyl sites for hydroxylation is 2. The molecular formula is C73H100F2O14S2. The summed E-state index contributed by atoms with van der Waals surface area (Å²) in [5.74, 6) is 4.03. The number of benzene rings is 4. The van der Waals surface area contributed by atoms with Gasteiger partial charge >= 0.3 is 35.1 Å². The number of ether oxygens (including phenoxy) is 5. The first-order valence-corrected chi connectivity index (χ1v) is 34.8. The predicted molar refractivity (Wildman–Crippen MR) is 349 cm³/mol. The van der Waals surface area contributed by atoms with E-state index in [1.165, 1.54) is 54.2 Å². The van der Waals surface area contributed by atoms with Crippen molar-refractivity contribution in [2.24, 2.45) is 57.2 Å². The van der Waals surface area contributed by atoms with Crippen molar-refractivity contribution in [3.8, 4) is 11.5 Å². The second-order valence-corrected chi connectivity index (χ2v) is 31.1. The zero-order valence-corrected chi connectivity index (χ0v) is 58.5. The van der Waals surface area contributed by atoms with Gasteiger partial charge in [-0.25, -0.2) is 13.2 Å². The summed E-state index contributed by atoms with van der Waals surface area (Å²) in [5.41, 5.74) is -0.456. The zero-order chi connectivity index (χ0) is 68.4. The van der Waals surface area contributed by atoms with Crippen LogP contribution in [-0.4, -0.2) is 71.0 Å². The number of halogens is 2. The second kappa shape index (κ2) is 30.8. The van der Waals surface area contributed by atoms with Gasteiger partial charge in [0, 0.05) is 11.5 Å². The third kappa shape index (κ3) is 18.0. The maximum atomic E-state index is 13.0. The lowest BCUT2D eigenvalue weighted by Gasteiger charge is -2.46. The third-order valence-corrected chi connectivity index (χ3v) is 23.1. The molecule has 0 amide bonds. The topological polar surface area (TPSA) is 209 Å². The number of carbonyl (C=O) groups is 5. The molecule has 1 aliphatic heterocycles. The summed E-state index contributed by atoms with van der Waals surface area (Å²) in [5, 5.41) is 5.00. The first kappa shape index (κ1) is 75.6. The summed E-state index contributed by atoms with van der Waals surface area (Å²) >= 11 is 0. The molecule has 18 heteroatoms. The number of alkyl halides is 2. The van der Waals surface area contributed by atoms with Gasteiger partial charge in [-0.1, -0.05) is 89.2 Å². The number of hydrogen-bond donors (Lipinski definition) is 1. The summed E-state index contributed by atoms with van der Waals surface area (Å²) in [6.45, 7) is 31.8. The Bertz CT molecular complexity index is 3170. The first-order valence-electron chi connectivity index (χ1n) is 32.1. The Morgan fingerprint density at radius 1 is 0.648 bits per heavy atom. The molecule has 4 saturated carbocycles. The molecule has 9 unspecified atom stereocenters. The van der Waals surface area contributed by atoms with Gasteiger partial charge in [-0.05, 0) is 243 Å². The van der Waals surface area contributed by atoms with Gasteiger partial charge in [-0.15, -0.1) is 0 Å². The Kier molecular flexibility index (Phi) is 25.6. The largest absolute Gasteiger partial charge is 0.743 e. The van der Waals surface area contributed by atoms with E-state index < -0.39 is 55.6 Å². The molecule has 1 heterocycles. The summed E-state index contributed by atoms with van der Waals surface area (Å²) in [6.07, 6.45) is 7.87. The minimum Gasteiger partial charge on any atom is -0.743 e. The number of hydrogen-bond acceptors (Lipinski definition) is 14. The Hall–Kier alpha value is -6.11. The Balaban J connectivity index is 0.000000208. The Morgan fingerprint density at radius 3 is 1.45 bits per heavy atom. The lowest BCUT2D eigenvalue weighted by molar-refractivity contribution is -0.183. The van der Waals surface area contributed by atoms with E-state index >= 15 is 0 Å². The van der Waals surface area contributed by atoms with Gasteiger partial charge in [-0.2, -0.15) is 8.78 Å². The predicted octanol–water partition coefficient (Wildman–Crippen LogP) is 16.6. The van der Waals surface area contributed by atoms with Crippen molar-refractivity contribution < 1.29 is 74.5 Å². The maximum absolute atomic E-state index is 13.0. The SMILES string of the molecule is CCC(C)(C)C(=O)OC(C)C(F)(F)S(=O)(=O)[O-].CCC(C)(C)C(=O)OC1(CC)CC2CC1C1C3CCC(C3)C21.CCC(C)(C)C(=O)OC1=C(C)C(C)OC1=O.CCC(C)(C)C(=O)Oc1cc(C)c(O)c(C)c1.c1ccc([S+](c2ccccc2)c2ccccc2)cc1. The average Bonchev–Trinajstić information content (AvgIpc) is 1.54. The van der Waals surface area contributed by atoms with Crippen LogP contribution in [0.5, 0.6) is 11.5 Å². The number of cyclic esters (lactones) is 1. The molecule has 1 N–H and O–H groups in total. The number of aromatic hydroxyl groups is 1. The van der Waals surface area contributed by atoms with Gasteiger partial charge in [0.2, 0.25) is 5.76 Å². The van der Waals surface area contributed by atoms with Crippen LogP contribution in [0.15, 0.2) is 129 Å². The van der Waals surface area contributed by atoms with E-state index in [0.717, 1.165) is 55.3 Å². The average molecular weight is 1300 g/mol. The van der Waals surface area contributed by atoms with E-state index in [1.54, 1.807) is 60.6 Å². The van der Waals surface area contributed by atoms with Crippen LogP contribution < -0.4 is 4.74 Å². The minimum atomic E-state index is -5.86. The molecular weight excluding hydrogens is 1200 g/mol. The summed E-state index contributed by atoms with van der Waals surface area (Å²) < 4.78 is 82.9. The van der Waals surface area contributed by atoms with E-state index in [9.17, 15) is 50.8 Å². The highest BCUT2D eigenvalue weighted by Crippen LogP contribution is 2.71. The molecule has 5 aliphatic rings. The van der Waals surface area contributed by atoms with Crippen LogP contribution in [0.1, 0.15) is 186 Å². The molecule has 0 radical (unpaired) electrons. The van der Waals surface area contributed by atoms with Crippen LogP contribution in [0.25, 0.3) is 0 Å². The third-order valence-electron chi connectivity index (χ3n) is 19.9. The molecule has 14 nitrogen and oxygen atoms in total. The molecule has 0 spiro atoms. The van der Waals surface area contributed by atoms with Crippen LogP contribution in [0.2, 0.25) is 0 Å². The van der Waals surface area contributed by atoms with Crippen molar-refractivity contribution in [2.45, 2.75) is 227 Å². The monoisotopic (exact) mass is 1300 g/mol. The Labute approximate surface area is 543 Å². The highest BCUT2D eigenvalue weighted by atomic mass is 32.2. The smallest absolute Gasteiger partial charge is 0.375 e. The maximum Gasteiger partial charge on any atom is 0.375 e. The van der Waals surface area contributed by atoms with Gasteiger partial charge < -0.3 is 33.3 Å². The highest BCUT2D eigenvalue weighted by Gasteiger charge is 2.68. The fraction of sp³-hybridized carbons (Fsp3) is 0.575. The summed E-state index contributed by atoms with van der Waals surface area (Å²) in [7, 11) is -5.87. The van der Waals surface area contributed by atoms with E-state index in [-0.39, 0.29) is 51.5 Å². The zero-order valence-electron chi connectivity index (χ0n) is 56.8. The van der Waals surface area contributed by atoms with Crippen molar-refractivity contribution in [1.82, 2.24) is 0 Å². The molecule has 4 fully saturated rings. The molecule has 0 saturated heterocycles. The van der Waals surface area contributed by atoms with Crippen LogP contribution in [0.3, 0.4) is 0 Å². The number of phenolic OH excluding ortho intramolecular Hbond substituents is 1. The van der Waals surface area contributed by atoms with Crippen molar-refractivity contribution >= 4 is 50.9 Å². The van der Waals surface area contributed by atoms with Crippen LogP contribution in [0, 0.1) is 71.0 Å². The van der Waals surface area contributed by atoms with Crippen molar-refractivity contribution in [3.63, 3.8) is 0 Å². The normalized spacial score (nSPS) is 22.7. The van der Waals surface area contributed by atoms with Gasteiger partial charge in [0.05, 0.1) is 32.6 Å². The molecule has 4 bridgehead atoms. The fourth-order valence-electron chi connectivity index (χ4n) is 12.1. The minimum absolute atomic E-state index is 0.0146. The van der Waals surface area contributed by atoms with E-state index in [1.807, 2.05) is 41.5 Å². The molecule has 4 aliphatic carbocycles. The lowest BCUT2D eigenvalue weighted by Crippen LogP contribution is -2.49. The van der Waals surface area contributed by atoms with E-state index in [0.29, 0.717) is 48.1 Å². The lowest BCUT2D eigenvalue weighted by atomic mass is 9.65. The van der Waals surface area contributed by atoms with Crippen molar-refractivity contribution in [3.05, 3.63) is 126 Å². The molecule has 4 aromatic rings. The van der Waals surface area contributed by atoms with Crippen LogP contribution >= 0.6 is 0 Å². The number of esters is 5. The summed E-state index contributed by atoms with van der Waals surface area (Å²) in [6, 6.07) is 35.5. The second-order valence-electron chi connectivity index (χ2n) is 27.6. The number of fused-ring (bicyclic) bond motifs is 9. The first-order chi connectivity index (χ1) is 42.3. The van der Waals surface area contributed by atoms with Crippen molar-refractivity contribution in [1.29, 1.82) is 0 Å². The quantitative estimate of drug-likeness (QED) is 0.0245. The van der Waals surface area contributed by atoms with Gasteiger partial charge in [0.1, 0.15) is 23.2 Å². The van der Waals surface area contributed by atoms with Gasteiger partial charge in [0.15, 0.2) is 30.9 Å². The molecule has 4 aromatic carbocycles.